The molecule has 1 aliphatic heterocycles. The summed E-state index contributed by atoms with van der Waals surface area (Å²) < 4.78 is 17.4. The number of rotatable bonds is 7. The molecule has 0 spiro atoms. The van der Waals surface area contributed by atoms with Crippen LogP contribution in [0.25, 0.3) is 0 Å². The number of allylic oxidation sites excluding steroid dienone is 2. The quantitative estimate of drug-likeness (QED) is 0.512. The van der Waals surface area contributed by atoms with Gasteiger partial charge in [0, 0.05) is 15.7 Å². The number of amides is 1. The Labute approximate surface area is 206 Å². The number of nitrogens with one attached hydrogen (secondary N) is 1. The third kappa shape index (κ3) is 5.41. The highest BCUT2D eigenvalue weighted by molar-refractivity contribution is 9.10. The van der Waals surface area contributed by atoms with Gasteiger partial charge in [0.25, 0.3) is 5.91 Å². The summed E-state index contributed by atoms with van der Waals surface area (Å²) in [7, 11) is 0. The maximum atomic E-state index is 12.8. The monoisotopic (exact) mass is 525 g/mol. The van der Waals surface area contributed by atoms with Crippen molar-refractivity contribution in [3.8, 4) is 11.8 Å². The van der Waals surface area contributed by atoms with Crippen molar-refractivity contribution in [2.24, 2.45) is 5.73 Å². The Morgan fingerprint density at radius 2 is 1.97 bits per heavy atom. The van der Waals surface area contributed by atoms with Crippen molar-refractivity contribution in [2.45, 2.75) is 26.7 Å². The van der Waals surface area contributed by atoms with E-state index < -0.39 is 11.9 Å². The van der Waals surface area contributed by atoms with Crippen LogP contribution in [0.1, 0.15) is 30.9 Å². The summed E-state index contributed by atoms with van der Waals surface area (Å²) in [5.41, 5.74) is 8.27. The van der Waals surface area contributed by atoms with Crippen molar-refractivity contribution in [2.75, 3.05) is 18.5 Å². The molecule has 0 bridgehead atoms. The zero-order valence-electron chi connectivity index (χ0n) is 19.0. The topological polar surface area (TPSA) is 124 Å². The first kappa shape index (κ1) is 24.9. The number of hydrogen-bond donors (Lipinski definition) is 2. The molecular weight excluding hydrogens is 502 g/mol. The fourth-order valence-corrected chi connectivity index (χ4v) is 3.83. The molecule has 1 aliphatic rings. The number of benzene rings is 2. The van der Waals surface area contributed by atoms with E-state index >= 15 is 0 Å². The summed E-state index contributed by atoms with van der Waals surface area (Å²) >= 11 is 3.43. The summed E-state index contributed by atoms with van der Waals surface area (Å²) in [5.74, 6) is -1.40. The molecule has 0 saturated carbocycles. The molecule has 0 aliphatic carbocycles. The molecule has 2 aromatic rings. The van der Waals surface area contributed by atoms with Gasteiger partial charge in [-0.3, -0.25) is 4.79 Å². The number of hydrogen-bond acceptors (Lipinski definition) is 7. The van der Waals surface area contributed by atoms with E-state index in [0.717, 1.165) is 10.0 Å². The van der Waals surface area contributed by atoms with Crippen molar-refractivity contribution in [1.29, 1.82) is 5.26 Å². The lowest BCUT2D eigenvalue weighted by Crippen LogP contribution is -2.26. The number of carbonyl (C=O) groups is 2. The second-order valence-corrected chi connectivity index (χ2v) is 8.31. The van der Waals surface area contributed by atoms with Crippen LogP contribution in [0.15, 0.2) is 69.7 Å². The number of aryl methyl sites for hydroxylation is 1. The molecule has 176 valence electrons. The van der Waals surface area contributed by atoms with Crippen molar-refractivity contribution in [3.05, 3.63) is 80.9 Å². The smallest absolute Gasteiger partial charge is 0.338 e. The zero-order valence-corrected chi connectivity index (χ0v) is 20.6. The van der Waals surface area contributed by atoms with Gasteiger partial charge >= 0.3 is 5.97 Å². The van der Waals surface area contributed by atoms with Gasteiger partial charge in [0.05, 0.1) is 18.1 Å². The van der Waals surface area contributed by atoms with E-state index in [9.17, 15) is 14.9 Å². The number of para-hydroxylation sites is 1. The lowest BCUT2D eigenvalue weighted by Gasteiger charge is -2.28. The van der Waals surface area contributed by atoms with E-state index in [1.165, 1.54) is 0 Å². The van der Waals surface area contributed by atoms with Crippen LogP contribution in [0.3, 0.4) is 0 Å². The Morgan fingerprint density at radius 3 is 2.65 bits per heavy atom. The average Bonchev–Trinajstić information content (AvgIpc) is 2.80. The van der Waals surface area contributed by atoms with Gasteiger partial charge in [-0.2, -0.15) is 5.26 Å². The van der Waals surface area contributed by atoms with Crippen LogP contribution in [-0.2, 0) is 19.1 Å². The van der Waals surface area contributed by atoms with E-state index in [1.807, 2.05) is 25.1 Å². The van der Waals surface area contributed by atoms with Gasteiger partial charge < -0.3 is 25.3 Å². The van der Waals surface area contributed by atoms with Crippen molar-refractivity contribution in [1.82, 2.24) is 0 Å². The lowest BCUT2D eigenvalue weighted by molar-refractivity contribution is -0.139. The van der Waals surface area contributed by atoms with E-state index in [0.29, 0.717) is 17.0 Å². The van der Waals surface area contributed by atoms with Crippen molar-refractivity contribution in [3.63, 3.8) is 0 Å². The first-order valence-corrected chi connectivity index (χ1v) is 11.3. The second-order valence-electron chi connectivity index (χ2n) is 7.45. The van der Waals surface area contributed by atoms with Gasteiger partial charge in [-0.25, -0.2) is 4.79 Å². The summed E-state index contributed by atoms with van der Waals surface area (Å²) in [6.07, 6.45) is 0. The molecule has 8 nitrogen and oxygen atoms in total. The fraction of sp³-hybridized carbons (Fsp3) is 0.240. The molecule has 9 heteroatoms. The standard InChI is InChI=1S/C25H24BrN3O5/c1-4-32-25(31)22-15(3)34-24(28)18(12-27)23(22)17-7-5-6-8-20(17)33-13-21(30)29-16-9-10-19(26)14(2)11-16/h5-11,23H,4,13,28H2,1-3H3,(H,29,30). The van der Waals surface area contributed by atoms with Crippen LogP contribution in [0.4, 0.5) is 5.69 Å². The molecule has 1 amide bonds. The number of nitrogens with zero attached hydrogens (tertiary/aromatic N) is 1. The van der Waals surface area contributed by atoms with Crippen LogP contribution < -0.4 is 15.8 Å². The molecule has 0 radical (unpaired) electrons. The highest BCUT2D eigenvalue weighted by atomic mass is 79.9. The minimum absolute atomic E-state index is 0.0551. The van der Waals surface area contributed by atoms with Crippen LogP contribution >= 0.6 is 15.9 Å². The minimum Gasteiger partial charge on any atom is -0.483 e. The fourth-order valence-electron chi connectivity index (χ4n) is 3.58. The Balaban J connectivity index is 1.89. The van der Waals surface area contributed by atoms with Gasteiger partial charge in [-0.05, 0) is 50.6 Å². The van der Waals surface area contributed by atoms with E-state index in [4.69, 9.17) is 19.9 Å². The SMILES string of the molecule is CCOC(=O)C1=C(C)OC(N)=C(C#N)C1c1ccccc1OCC(=O)Nc1ccc(Br)c(C)c1. The van der Waals surface area contributed by atoms with Crippen molar-refractivity contribution < 1.29 is 23.8 Å². The molecule has 34 heavy (non-hydrogen) atoms. The Bertz CT molecular complexity index is 1230. The maximum absolute atomic E-state index is 12.8. The van der Waals surface area contributed by atoms with Gasteiger partial charge in [-0.15, -0.1) is 0 Å². The summed E-state index contributed by atoms with van der Waals surface area (Å²) in [6.45, 7) is 5.05. The molecule has 2 aromatic carbocycles. The Kier molecular flexibility index (Phi) is 7.97. The van der Waals surface area contributed by atoms with Crippen LogP contribution in [0.2, 0.25) is 0 Å². The number of esters is 1. The second kappa shape index (κ2) is 10.9. The number of nitrogens with two attached hydrogens (primary N) is 1. The van der Waals surface area contributed by atoms with Gasteiger partial charge in [0.15, 0.2) is 6.61 Å². The number of anilines is 1. The van der Waals surface area contributed by atoms with Crippen LogP contribution in [0, 0.1) is 18.3 Å². The van der Waals surface area contributed by atoms with Gasteiger partial charge in [-0.1, -0.05) is 34.1 Å². The van der Waals surface area contributed by atoms with E-state index in [-0.39, 0.29) is 41.9 Å². The first-order valence-electron chi connectivity index (χ1n) is 10.5. The highest BCUT2D eigenvalue weighted by Gasteiger charge is 2.37. The molecule has 0 fully saturated rings. The summed E-state index contributed by atoms with van der Waals surface area (Å²) in [6, 6.07) is 14.3. The molecule has 1 atom stereocenters. The molecule has 1 heterocycles. The molecule has 0 saturated heterocycles. The summed E-state index contributed by atoms with van der Waals surface area (Å²) in [4.78, 5) is 25.3. The first-order chi connectivity index (χ1) is 16.3. The zero-order chi connectivity index (χ0) is 24.8. The maximum Gasteiger partial charge on any atom is 0.338 e. The highest BCUT2D eigenvalue weighted by Crippen LogP contribution is 2.42. The van der Waals surface area contributed by atoms with Crippen LogP contribution in [-0.4, -0.2) is 25.1 Å². The van der Waals surface area contributed by atoms with Crippen molar-refractivity contribution >= 4 is 33.5 Å². The molecule has 1 unspecified atom stereocenters. The Hall–Kier alpha value is -3.77. The minimum atomic E-state index is -0.869. The lowest BCUT2D eigenvalue weighted by atomic mass is 9.82. The van der Waals surface area contributed by atoms with Crippen LogP contribution in [0.5, 0.6) is 5.75 Å². The number of halogens is 1. The Morgan fingerprint density at radius 1 is 1.24 bits per heavy atom. The van der Waals surface area contributed by atoms with E-state index in [2.05, 4.69) is 21.2 Å². The normalized spacial score (nSPS) is 15.3. The van der Waals surface area contributed by atoms with Gasteiger partial charge in [0.2, 0.25) is 5.88 Å². The third-order valence-electron chi connectivity index (χ3n) is 5.13. The largest absolute Gasteiger partial charge is 0.483 e. The predicted octanol–water partition coefficient (Wildman–Crippen LogP) is 4.42. The molecule has 0 aromatic heterocycles. The average molecular weight is 526 g/mol. The molecule has 3 N–H and O–H groups in total. The third-order valence-corrected chi connectivity index (χ3v) is 6.02. The molecule has 3 rings (SSSR count). The predicted molar refractivity (Wildman–Crippen MR) is 129 cm³/mol. The number of nitriles is 1. The number of ether oxygens (including phenoxy) is 3. The number of carbonyl (C=O) groups excluding carboxylic acids is 2. The molecular formula is C25H24BrN3O5. The summed E-state index contributed by atoms with van der Waals surface area (Å²) in [5, 5.41) is 12.6. The van der Waals surface area contributed by atoms with E-state index in [1.54, 1.807) is 44.2 Å². The van der Waals surface area contributed by atoms with Gasteiger partial charge in [0.1, 0.15) is 23.2 Å².